The van der Waals surface area contributed by atoms with E-state index in [1.807, 2.05) is 19.0 Å². The van der Waals surface area contributed by atoms with E-state index >= 15 is 0 Å². The van der Waals surface area contributed by atoms with E-state index in [1.54, 1.807) is 18.2 Å². The number of rotatable bonds is 6. The molecular weight excluding hydrogens is 359 g/mol. The number of likely N-dealkylation sites (N-methyl/N-ethyl adjacent to an activating group) is 1. The van der Waals surface area contributed by atoms with E-state index < -0.39 is 10.0 Å². The molecule has 0 amide bonds. The quantitative estimate of drug-likeness (QED) is 0.832. The maximum absolute atomic E-state index is 13.5. The standard InChI is InChI=1S/C18H21FN2O4S/c1-21(2)16(13-4-3-5-14(19)10-13)12-20-26(22,23)15-6-7-17-18(11-15)25-9-8-24-17/h3-7,10-11,16,20H,8-9,12H2,1-2H3. The first-order valence-corrected chi connectivity index (χ1v) is 9.66. The van der Waals surface area contributed by atoms with Gasteiger partial charge in [-0.2, -0.15) is 0 Å². The van der Waals surface area contributed by atoms with Gasteiger partial charge >= 0.3 is 0 Å². The van der Waals surface area contributed by atoms with Crippen molar-refractivity contribution < 1.29 is 22.3 Å². The highest BCUT2D eigenvalue weighted by Crippen LogP contribution is 2.32. The first kappa shape index (κ1) is 18.6. The highest BCUT2D eigenvalue weighted by Gasteiger charge is 2.22. The van der Waals surface area contributed by atoms with Gasteiger partial charge in [-0.15, -0.1) is 0 Å². The van der Waals surface area contributed by atoms with Gasteiger partial charge in [0.2, 0.25) is 10.0 Å². The monoisotopic (exact) mass is 380 g/mol. The normalized spacial score (nSPS) is 15.1. The highest BCUT2D eigenvalue weighted by molar-refractivity contribution is 7.89. The van der Waals surface area contributed by atoms with Crippen LogP contribution >= 0.6 is 0 Å². The number of hydrogen-bond acceptors (Lipinski definition) is 5. The molecule has 3 rings (SSSR count). The molecule has 140 valence electrons. The summed E-state index contributed by atoms with van der Waals surface area (Å²) in [4.78, 5) is 1.93. The number of nitrogens with zero attached hydrogens (tertiary/aromatic N) is 1. The molecule has 0 radical (unpaired) electrons. The Kier molecular flexibility index (Phi) is 5.45. The van der Waals surface area contributed by atoms with Gasteiger partial charge in [-0.3, -0.25) is 0 Å². The maximum atomic E-state index is 13.5. The lowest BCUT2D eigenvalue weighted by Crippen LogP contribution is -2.34. The number of fused-ring (bicyclic) bond motifs is 1. The van der Waals surface area contributed by atoms with Crippen LogP contribution in [0.5, 0.6) is 11.5 Å². The lowest BCUT2D eigenvalue weighted by atomic mass is 10.1. The summed E-state index contributed by atoms with van der Waals surface area (Å²) in [5, 5.41) is 0. The average Bonchev–Trinajstić information content (AvgIpc) is 2.61. The predicted octanol–water partition coefficient (Wildman–Crippen LogP) is 2.18. The van der Waals surface area contributed by atoms with E-state index in [1.165, 1.54) is 24.3 Å². The molecule has 1 heterocycles. The Morgan fingerprint density at radius 2 is 1.85 bits per heavy atom. The van der Waals surface area contributed by atoms with Gasteiger partial charge in [-0.05, 0) is 43.9 Å². The summed E-state index contributed by atoms with van der Waals surface area (Å²) in [6.07, 6.45) is 0. The molecule has 1 aliphatic heterocycles. The van der Waals surface area contributed by atoms with Gasteiger partial charge in [0, 0.05) is 18.7 Å². The largest absolute Gasteiger partial charge is 0.486 e. The van der Waals surface area contributed by atoms with Crippen LogP contribution in [0.4, 0.5) is 4.39 Å². The zero-order valence-corrected chi connectivity index (χ0v) is 15.4. The van der Waals surface area contributed by atoms with Crippen molar-refractivity contribution in [2.75, 3.05) is 33.9 Å². The molecule has 1 unspecified atom stereocenters. The number of sulfonamides is 1. The molecule has 8 heteroatoms. The van der Waals surface area contributed by atoms with Gasteiger partial charge < -0.3 is 14.4 Å². The number of nitrogens with one attached hydrogen (secondary N) is 1. The molecule has 0 bridgehead atoms. The van der Waals surface area contributed by atoms with Crippen molar-refractivity contribution in [3.05, 3.63) is 53.8 Å². The number of hydrogen-bond donors (Lipinski definition) is 1. The molecule has 0 saturated carbocycles. The van der Waals surface area contributed by atoms with Gasteiger partial charge in [-0.25, -0.2) is 17.5 Å². The SMILES string of the molecule is CN(C)C(CNS(=O)(=O)c1ccc2c(c1)OCCO2)c1cccc(F)c1. The van der Waals surface area contributed by atoms with Crippen molar-refractivity contribution >= 4 is 10.0 Å². The Bertz CT molecular complexity index is 887. The van der Waals surface area contributed by atoms with Gasteiger partial charge in [-0.1, -0.05) is 12.1 Å². The summed E-state index contributed by atoms with van der Waals surface area (Å²) < 4.78 is 52.2. The molecule has 0 spiro atoms. The van der Waals surface area contributed by atoms with Crippen molar-refractivity contribution in [2.24, 2.45) is 0 Å². The molecule has 0 aliphatic carbocycles. The molecule has 1 atom stereocenters. The molecule has 1 N–H and O–H groups in total. The van der Waals surface area contributed by atoms with Crippen molar-refractivity contribution in [2.45, 2.75) is 10.9 Å². The van der Waals surface area contributed by atoms with Crippen LogP contribution in [-0.2, 0) is 10.0 Å². The molecule has 0 fully saturated rings. The van der Waals surface area contributed by atoms with Crippen LogP contribution in [0.15, 0.2) is 47.4 Å². The third kappa shape index (κ3) is 4.14. The number of benzene rings is 2. The van der Waals surface area contributed by atoms with E-state index in [2.05, 4.69) is 4.72 Å². The van der Waals surface area contributed by atoms with Crippen molar-refractivity contribution in [3.63, 3.8) is 0 Å². The molecular formula is C18H21FN2O4S. The summed E-state index contributed by atoms with van der Waals surface area (Å²) in [6.45, 7) is 0.926. The Balaban J connectivity index is 1.78. The van der Waals surface area contributed by atoms with Crippen molar-refractivity contribution in [1.82, 2.24) is 9.62 Å². The molecule has 2 aromatic rings. The van der Waals surface area contributed by atoms with Crippen molar-refractivity contribution in [3.8, 4) is 11.5 Å². The van der Waals surface area contributed by atoms with Crippen LogP contribution in [0.3, 0.4) is 0 Å². The Morgan fingerprint density at radius 3 is 2.54 bits per heavy atom. The molecule has 1 aliphatic rings. The van der Waals surface area contributed by atoms with E-state index in [0.29, 0.717) is 30.3 Å². The van der Waals surface area contributed by atoms with Crippen molar-refractivity contribution in [1.29, 1.82) is 0 Å². The second-order valence-electron chi connectivity index (χ2n) is 6.19. The zero-order valence-electron chi connectivity index (χ0n) is 14.6. The third-order valence-corrected chi connectivity index (χ3v) is 5.57. The molecule has 2 aromatic carbocycles. The summed E-state index contributed by atoms with van der Waals surface area (Å²) in [5.41, 5.74) is 0.694. The van der Waals surface area contributed by atoms with Gasteiger partial charge in [0.25, 0.3) is 0 Å². The number of halogens is 1. The van der Waals surface area contributed by atoms with Crippen LogP contribution in [0.2, 0.25) is 0 Å². The predicted molar refractivity (Wildman–Crippen MR) is 95.4 cm³/mol. The van der Waals surface area contributed by atoms with Crippen LogP contribution in [0.1, 0.15) is 11.6 Å². The lowest BCUT2D eigenvalue weighted by Gasteiger charge is -2.25. The minimum atomic E-state index is -3.75. The fraction of sp³-hybridized carbons (Fsp3) is 0.333. The van der Waals surface area contributed by atoms with Crippen LogP contribution in [-0.4, -0.2) is 47.2 Å². The fourth-order valence-electron chi connectivity index (χ4n) is 2.78. The summed E-state index contributed by atoms with van der Waals surface area (Å²) >= 11 is 0. The maximum Gasteiger partial charge on any atom is 0.240 e. The minimum absolute atomic E-state index is 0.0958. The molecule has 6 nitrogen and oxygen atoms in total. The van der Waals surface area contributed by atoms with E-state index in [4.69, 9.17) is 9.47 Å². The first-order chi connectivity index (χ1) is 12.4. The minimum Gasteiger partial charge on any atom is -0.486 e. The topological polar surface area (TPSA) is 67.9 Å². The summed E-state index contributed by atoms with van der Waals surface area (Å²) in [5.74, 6) is 0.582. The number of ether oxygens (including phenoxy) is 2. The van der Waals surface area contributed by atoms with Crippen LogP contribution in [0, 0.1) is 5.82 Å². The highest BCUT2D eigenvalue weighted by atomic mass is 32.2. The Labute approximate surface area is 152 Å². The Morgan fingerprint density at radius 1 is 1.12 bits per heavy atom. The fourth-order valence-corrected chi connectivity index (χ4v) is 3.83. The smallest absolute Gasteiger partial charge is 0.240 e. The third-order valence-electron chi connectivity index (χ3n) is 4.15. The van der Waals surface area contributed by atoms with Crippen LogP contribution in [0.25, 0.3) is 0 Å². The van der Waals surface area contributed by atoms with E-state index in [-0.39, 0.29) is 23.3 Å². The lowest BCUT2D eigenvalue weighted by molar-refractivity contribution is 0.171. The van der Waals surface area contributed by atoms with E-state index in [9.17, 15) is 12.8 Å². The summed E-state index contributed by atoms with van der Waals surface area (Å²) in [7, 11) is -0.120. The molecule has 0 saturated heterocycles. The molecule has 26 heavy (non-hydrogen) atoms. The Hall–Kier alpha value is -2.16. The van der Waals surface area contributed by atoms with Gasteiger partial charge in [0.05, 0.1) is 4.90 Å². The second kappa shape index (κ2) is 7.61. The van der Waals surface area contributed by atoms with E-state index in [0.717, 1.165) is 0 Å². The zero-order chi connectivity index (χ0) is 18.7. The molecule has 0 aromatic heterocycles. The second-order valence-corrected chi connectivity index (χ2v) is 7.96. The summed E-state index contributed by atoms with van der Waals surface area (Å²) in [6, 6.07) is 10.3. The average molecular weight is 380 g/mol. The van der Waals surface area contributed by atoms with Crippen LogP contribution < -0.4 is 14.2 Å². The van der Waals surface area contributed by atoms with Gasteiger partial charge in [0.15, 0.2) is 11.5 Å². The van der Waals surface area contributed by atoms with Gasteiger partial charge in [0.1, 0.15) is 19.0 Å². The first-order valence-electron chi connectivity index (χ1n) is 8.18.